The molecule has 0 saturated carbocycles. The zero-order valence-corrected chi connectivity index (χ0v) is 18.7. The second-order valence-electron chi connectivity index (χ2n) is 7.96. The first-order chi connectivity index (χ1) is 15.5. The number of Topliss-reactive ketones (excluding diaryl/α,β-unsaturated/α-hetero) is 1. The third kappa shape index (κ3) is 4.35. The lowest BCUT2D eigenvalue weighted by molar-refractivity contribution is 0.0990. The maximum Gasteiger partial charge on any atom is 0.277 e. The van der Waals surface area contributed by atoms with Gasteiger partial charge in [0, 0.05) is 29.1 Å². The van der Waals surface area contributed by atoms with Gasteiger partial charge < -0.3 is 9.40 Å². The van der Waals surface area contributed by atoms with Crippen LogP contribution in [0.1, 0.15) is 33.5 Å². The molecule has 4 aromatic rings. The summed E-state index contributed by atoms with van der Waals surface area (Å²) in [5.74, 6) is 0.712. The monoisotopic (exact) mass is 467 g/mol. The van der Waals surface area contributed by atoms with Gasteiger partial charge >= 0.3 is 0 Å². The van der Waals surface area contributed by atoms with E-state index >= 15 is 0 Å². The Morgan fingerprint density at radius 3 is 2.69 bits per heavy atom. The maximum atomic E-state index is 13.6. The van der Waals surface area contributed by atoms with Crippen LogP contribution in [0.25, 0.3) is 10.9 Å². The SMILES string of the molecule is O=C(c1c[nH]c2ccccc12)[C@@H](Sc1nnc(C[C@H]2CCS(=O)(=O)C2)o1)c1ccccc1. The molecule has 2 aromatic heterocycles. The second kappa shape index (κ2) is 8.55. The minimum absolute atomic E-state index is 0.00364. The number of hydrogen-bond acceptors (Lipinski definition) is 7. The van der Waals surface area contributed by atoms with Crippen molar-refractivity contribution < 1.29 is 17.6 Å². The fraction of sp³-hybridized carbons (Fsp3) is 0.261. The molecule has 2 atom stereocenters. The fourth-order valence-electron chi connectivity index (χ4n) is 4.07. The molecule has 0 bridgehead atoms. The highest BCUT2D eigenvalue weighted by Crippen LogP contribution is 2.38. The topological polar surface area (TPSA) is 106 Å². The molecule has 0 amide bonds. The number of para-hydroxylation sites is 1. The molecule has 5 rings (SSSR count). The summed E-state index contributed by atoms with van der Waals surface area (Å²) in [6, 6.07) is 17.2. The van der Waals surface area contributed by atoms with E-state index in [1.165, 1.54) is 11.8 Å². The van der Waals surface area contributed by atoms with E-state index in [0.717, 1.165) is 16.5 Å². The Morgan fingerprint density at radius 1 is 1.12 bits per heavy atom. The summed E-state index contributed by atoms with van der Waals surface area (Å²) in [7, 11) is -2.96. The molecule has 0 aliphatic carbocycles. The average molecular weight is 468 g/mol. The summed E-state index contributed by atoms with van der Waals surface area (Å²) in [5.41, 5.74) is 2.35. The van der Waals surface area contributed by atoms with E-state index in [2.05, 4.69) is 15.2 Å². The standard InChI is InChI=1S/C23H21N3O4S2/c27-21(18-13-24-19-9-5-4-8-17(18)19)22(16-6-2-1-3-7-16)31-23-26-25-20(30-23)12-15-10-11-32(28,29)14-15/h1-9,13,15,22,24H,10-12,14H2/t15-,22+/m1/s1. The Kier molecular flexibility index (Phi) is 5.60. The number of benzene rings is 2. The van der Waals surface area contributed by atoms with Gasteiger partial charge in [-0.05, 0) is 35.7 Å². The molecule has 1 aliphatic rings. The predicted molar refractivity (Wildman–Crippen MR) is 122 cm³/mol. The van der Waals surface area contributed by atoms with Crippen molar-refractivity contribution in [2.45, 2.75) is 23.3 Å². The summed E-state index contributed by atoms with van der Waals surface area (Å²) >= 11 is 1.21. The lowest BCUT2D eigenvalue weighted by atomic mass is 10.0. The van der Waals surface area contributed by atoms with Gasteiger partial charge in [-0.15, -0.1) is 10.2 Å². The van der Waals surface area contributed by atoms with E-state index in [1.807, 2.05) is 54.6 Å². The minimum atomic E-state index is -2.96. The largest absolute Gasteiger partial charge is 0.416 e. The maximum absolute atomic E-state index is 13.6. The zero-order chi connectivity index (χ0) is 22.1. The molecule has 1 aliphatic heterocycles. The number of nitrogens with zero attached hydrogens (tertiary/aromatic N) is 2. The highest BCUT2D eigenvalue weighted by atomic mass is 32.2. The Balaban J connectivity index is 1.40. The molecule has 164 valence electrons. The molecule has 0 spiro atoms. The van der Waals surface area contributed by atoms with Crippen LogP contribution in [0.5, 0.6) is 0 Å². The summed E-state index contributed by atoms with van der Waals surface area (Å²) in [4.78, 5) is 16.7. The highest BCUT2D eigenvalue weighted by molar-refractivity contribution is 8.00. The fourth-order valence-corrected chi connectivity index (χ4v) is 6.89. The number of rotatable bonds is 7. The van der Waals surface area contributed by atoms with E-state index in [9.17, 15) is 13.2 Å². The van der Waals surface area contributed by atoms with Gasteiger partial charge in [0.15, 0.2) is 15.6 Å². The second-order valence-corrected chi connectivity index (χ2v) is 11.2. The first kappa shape index (κ1) is 21.0. The number of aromatic nitrogens is 3. The third-order valence-electron chi connectivity index (χ3n) is 5.65. The normalized spacial score (nSPS) is 18.7. The van der Waals surface area contributed by atoms with Gasteiger partial charge in [0.2, 0.25) is 5.89 Å². The molecule has 7 nitrogen and oxygen atoms in total. The molecule has 32 heavy (non-hydrogen) atoms. The zero-order valence-electron chi connectivity index (χ0n) is 17.1. The quantitative estimate of drug-likeness (QED) is 0.320. The molecule has 9 heteroatoms. The summed E-state index contributed by atoms with van der Waals surface area (Å²) in [6.45, 7) is 0. The highest BCUT2D eigenvalue weighted by Gasteiger charge is 2.31. The Bertz CT molecular complexity index is 1360. The molecular weight excluding hydrogens is 446 g/mol. The Morgan fingerprint density at radius 2 is 1.91 bits per heavy atom. The van der Waals surface area contributed by atoms with Crippen molar-refractivity contribution in [3.63, 3.8) is 0 Å². The van der Waals surface area contributed by atoms with Crippen LogP contribution in [0.3, 0.4) is 0 Å². The van der Waals surface area contributed by atoms with Crippen LogP contribution in [0.15, 0.2) is 70.4 Å². The van der Waals surface area contributed by atoms with Crippen molar-refractivity contribution in [1.29, 1.82) is 0 Å². The van der Waals surface area contributed by atoms with Gasteiger partial charge in [0.1, 0.15) is 5.25 Å². The Hall–Kier alpha value is -2.91. The lowest BCUT2D eigenvalue weighted by Crippen LogP contribution is -2.09. The third-order valence-corrected chi connectivity index (χ3v) is 8.58. The van der Waals surface area contributed by atoms with E-state index in [4.69, 9.17) is 4.42 Å². The number of nitrogens with one attached hydrogen (secondary N) is 1. The number of ketones is 1. The van der Waals surface area contributed by atoms with Crippen molar-refractivity contribution in [3.8, 4) is 0 Å². The number of carbonyl (C=O) groups is 1. The van der Waals surface area contributed by atoms with Crippen LogP contribution >= 0.6 is 11.8 Å². The molecule has 2 aromatic carbocycles. The van der Waals surface area contributed by atoms with Crippen LogP contribution in [0.4, 0.5) is 0 Å². The predicted octanol–water partition coefficient (Wildman–Crippen LogP) is 4.24. The minimum Gasteiger partial charge on any atom is -0.416 e. The van der Waals surface area contributed by atoms with Crippen LogP contribution in [0, 0.1) is 5.92 Å². The van der Waals surface area contributed by atoms with E-state index in [-0.39, 0.29) is 23.2 Å². The number of carbonyl (C=O) groups excluding carboxylic acids is 1. The summed E-state index contributed by atoms with van der Waals surface area (Å²) < 4.78 is 29.2. The smallest absolute Gasteiger partial charge is 0.277 e. The number of sulfone groups is 1. The number of hydrogen-bond donors (Lipinski definition) is 1. The number of thioether (sulfide) groups is 1. The van der Waals surface area contributed by atoms with Crippen LogP contribution in [0.2, 0.25) is 0 Å². The van der Waals surface area contributed by atoms with Gasteiger partial charge in [-0.3, -0.25) is 4.79 Å². The number of H-pyrrole nitrogens is 1. The first-order valence-electron chi connectivity index (χ1n) is 10.3. The van der Waals surface area contributed by atoms with E-state index in [1.54, 1.807) is 6.20 Å². The van der Waals surface area contributed by atoms with E-state index < -0.39 is 15.1 Å². The van der Waals surface area contributed by atoms with E-state index in [0.29, 0.717) is 29.5 Å². The lowest BCUT2D eigenvalue weighted by Gasteiger charge is -2.13. The number of aromatic amines is 1. The Labute approximate surface area is 189 Å². The van der Waals surface area contributed by atoms with Crippen molar-refractivity contribution >= 4 is 38.3 Å². The van der Waals surface area contributed by atoms with Crippen molar-refractivity contribution in [2.24, 2.45) is 5.92 Å². The molecule has 1 N–H and O–H groups in total. The van der Waals surface area contributed by atoms with Crippen LogP contribution in [-0.4, -0.2) is 40.9 Å². The van der Waals surface area contributed by atoms with Gasteiger partial charge in [-0.1, -0.05) is 48.5 Å². The van der Waals surface area contributed by atoms with Gasteiger partial charge in [0.05, 0.1) is 11.5 Å². The van der Waals surface area contributed by atoms with Gasteiger partial charge in [-0.2, -0.15) is 0 Å². The molecule has 0 radical (unpaired) electrons. The van der Waals surface area contributed by atoms with Crippen LogP contribution < -0.4 is 0 Å². The molecule has 1 fully saturated rings. The number of fused-ring (bicyclic) bond motifs is 1. The summed E-state index contributed by atoms with van der Waals surface area (Å²) in [5, 5.41) is 8.82. The van der Waals surface area contributed by atoms with Crippen LogP contribution in [-0.2, 0) is 16.3 Å². The molecule has 1 saturated heterocycles. The van der Waals surface area contributed by atoms with Gasteiger partial charge in [0.25, 0.3) is 5.22 Å². The van der Waals surface area contributed by atoms with Gasteiger partial charge in [-0.25, -0.2) is 8.42 Å². The van der Waals surface area contributed by atoms with Crippen molar-refractivity contribution in [2.75, 3.05) is 11.5 Å². The summed E-state index contributed by atoms with van der Waals surface area (Å²) in [6.07, 6.45) is 2.78. The molecule has 0 unspecified atom stereocenters. The van der Waals surface area contributed by atoms with Crippen molar-refractivity contribution in [1.82, 2.24) is 15.2 Å². The average Bonchev–Trinajstić information content (AvgIpc) is 3.51. The first-order valence-corrected chi connectivity index (χ1v) is 13.0. The van der Waals surface area contributed by atoms with Crippen molar-refractivity contribution in [3.05, 3.63) is 77.8 Å². The molecule has 3 heterocycles. The molecular formula is C23H21N3O4S2.